The normalized spacial score (nSPS) is 15.9. The fraction of sp³-hybridized carbons (Fsp3) is 0.231. The number of hydrogen-bond donors (Lipinski definition) is 1. The van der Waals surface area contributed by atoms with Crippen LogP contribution in [0.15, 0.2) is 85.3 Å². The highest BCUT2D eigenvalue weighted by molar-refractivity contribution is 7.91. The predicted molar refractivity (Wildman–Crippen MR) is 132 cm³/mol. The highest BCUT2D eigenvalue weighted by atomic mass is 32.2. The predicted octanol–water partition coefficient (Wildman–Crippen LogP) is 4.65. The molecule has 0 amide bonds. The van der Waals surface area contributed by atoms with Gasteiger partial charge in [0.15, 0.2) is 0 Å². The van der Waals surface area contributed by atoms with E-state index in [1.165, 1.54) is 0 Å². The van der Waals surface area contributed by atoms with E-state index < -0.39 is 9.84 Å². The summed E-state index contributed by atoms with van der Waals surface area (Å²) in [7, 11) is -2.89. The Bertz CT molecular complexity index is 1320. The molecule has 0 radical (unpaired) electrons. The van der Waals surface area contributed by atoms with E-state index >= 15 is 0 Å². The second-order valence-corrected chi connectivity index (χ2v) is 10.8. The Balaban J connectivity index is 1.44. The van der Waals surface area contributed by atoms with Crippen molar-refractivity contribution >= 4 is 15.5 Å². The SMILES string of the molecule is O=S1(=O)CCC(Nc2cc(-c3ccccc3)cc(-c3ccn(Cc4cccnc4)n3)c2)CC1. The van der Waals surface area contributed by atoms with E-state index in [2.05, 4.69) is 40.6 Å². The summed E-state index contributed by atoms with van der Waals surface area (Å²) in [6.07, 6.45) is 6.86. The molecular weight excluding hydrogens is 432 g/mol. The molecule has 3 heterocycles. The Hall–Kier alpha value is -3.45. The molecule has 4 aromatic rings. The number of rotatable bonds is 6. The lowest BCUT2D eigenvalue weighted by Crippen LogP contribution is -2.32. The first-order valence-corrected chi connectivity index (χ1v) is 13.0. The Morgan fingerprint density at radius 2 is 1.70 bits per heavy atom. The van der Waals surface area contributed by atoms with Crippen LogP contribution in [0.3, 0.4) is 0 Å². The highest BCUT2D eigenvalue weighted by Gasteiger charge is 2.23. The van der Waals surface area contributed by atoms with Crippen LogP contribution in [-0.4, -0.2) is 40.7 Å². The number of pyridine rings is 1. The van der Waals surface area contributed by atoms with Crippen LogP contribution in [0.1, 0.15) is 18.4 Å². The number of aromatic nitrogens is 3. The molecule has 1 N–H and O–H groups in total. The Kier molecular flexibility index (Phi) is 5.96. The Morgan fingerprint density at radius 1 is 0.909 bits per heavy atom. The molecule has 0 bridgehead atoms. The minimum atomic E-state index is -2.89. The molecule has 0 unspecified atom stereocenters. The van der Waals surface area contributed by atoms with Gasteiger partial charge < -0.3 is 5.32 Å². The number of nitrogens with zero attached hydrogens (tertiary/aromatic N) is 3. The average Bonchev–Trinajstić information content (AvgIpc) is 3.30. The first-order chi connectivity index (χ1) is 16.0. The topological polar surface area (TPSA) is 76.9 Å². The van der Waals surface area contributed by atoms with Crippen LogP contribution in [0.5, 0.6) is 0 Å². The number of sulfone groups is 1. The zero-order valence-corrected chi connectivity index (χ0v) is 19.1. The smallest absolute Gasteiger partial charge is 0.150 e. The van der Waals surface area contributed by atoms with Gasteiger partial charge in [0, 0.05) is 35.9 Å². The number of benzene rings is 2. The molecular formula is C26H26N4O2S. The molecule has 0 saturated carbocycles. The molecule has 1 aliphatic rings. The molecule has 6 nitrogen and oxygen atoms in total. The van der Waals surface area contributed by atoms with E-state index in [4.69, 9.17) is 5.10 Å². The van der Waals surface area contributed by atoms with Crippen molar-refractivity contribution in [1.82, 2.24) is 14.8 Å². The quantitative estimate of drug-likeness (QED) is 0.455. The average molecular weight is 459 g/mol. The third kappa shape index (κ3) is 5.31. The molecule has 0 aliphatic carbocycles. The molecule has 7 heteroatoms. The van der Waals surface area contributed by atoms with Gasteiger partial charge in [-0.05, 0) is 59.9 Å². The molecule has 0 spiro atoms. The van der Waals surface area contributed by atoms with Crippen LogP contribution >= 0.6 is 0 Å². The van der Waals surface area contributed by atoms with Gasteiger partial charge in [0.05, 0.1) is 23.7 Å². The van der Waals surface area contributed by atoms with Crippen molar-refractivity contribution in [3.05, 3.63) is 90.9 Å². The minimum absolute atomic E-state index is 0.149. The molecule has 2 aromatic heterocycles. The van der Waals surface area contributed by atoms with Gasteiger partial charge in [-0.1, -0.05) is 36.4 Å². The van der Waals surface area contributed by atoms with Crippen LogP contribution in [0.2, 0.25) is 0 Å². The Labute approximate surface area is 194 Å². The largest absolute Gasteiger partial charge is 0.382 e. The van der Waals surface area contributed by atoms with E-state index in [1.54, 1.807) is 6.20 Å². The third-order valence-electron chi connectivity index (χ3n) is 5.97. The number of nitrogens with one attached hydrogen (secondary N) is 1. The summed E-state index contributed by atoms with van der Waals surface area (Å²) >= 11 is 0. The molecule has 168 valence electrons. The van der Waals surface area contributed by atoms with Crippen molar-refractivity contribution in [1.29, 1.82) is 0 Å². The van der Waals surface area contributed by atoms with Gasteiger partial charge in [-0.15, -0.1) is 0 Å². The number of anilines is 1. The molecule has 5 rings (SSSR count). The maximum Gasteiger partial charge on any atom is 0.150 e. The lowest BCUT2D eigenvalue weighted by Gasteiger charge is -2.24. The summed E-state index contributed by atoms with van der Waals surface area (Å²) in [4.78, 5) is 4.18. The van der Waals surface area contributed by atoms with Gasteiger partial charge in [0.25, 0.3) is 0 Å². The summed E-state index contributed by atoms with van der Waals surface area (Å²) in [6.45, 7) is 0.661. The number of hydrogen-bond acceptors (Lipinski definition) is 5. The Morgan fingerprint density at radius 3 is 2.45 bits per heavy atom. The van der Waals surface area contributed by atoms with E-state index in [0.717, 1.165) is 33.6 Å². The summed E-state index contributed by atoms with van der Waals surface area (Å²) in [5.74, 6) is 0.489. The van der Waals surface area contributed by atoms with Crippen LogP contribution in [0, 0.1) is 0 Å². The zero-order chi connectivity index (χ0) is 22.7. The molecule has 2 aromatic carbocycles. The lowest BCUT2D eigenvalue weighted by atomic mass is 10.00. The van der Waals surface area contributed by atoms with Crippen molar-refractivity contribution in [2.45, 2.75) is 25.4 Å². The van der Waals surface area contributed by atoms with E-state index in [1.807, 2.05) is 53.5 Å². The summed E-state index contributed by atoms with van der Waals surface area (Å²) in [5.41, 5.74) is 6.22. The maximum absolute atomic E-state index is 11.8. The van der Waals surface area contributed by atoms with Crippen molar-refractivity contribution in [2.24, 2.45) is 0 Å². The first kappa shape index (κ1) is 21.4. The summed E-state index contributed by atoms with van der Waals surface area (Å²) in [6, 6.07) is 22.8. The minimum Gasteiger partial charge on any atom is -0.382 e. The first-order valence-electron chi connectivity index (χ1n) is 11.1. The second-order valence-electron chi connectivity index (χ2n) is 8.50. The second kappa shape index (κ2) is 9.19. The van der Waals surface area contributed by atoms with Gasteiger partial charge in [0.1, 0.15) is 9.84 Å². The van der Waals surface area contributed by atoms with Gasteiger partial charge in [0.2, 0.25) is 0 Å². The molecule has 0 atom stereocenters. The third-order valence-corrected chi connectivity index (χ3v) is 7.68. The fourth-order valence-electron chi connectivity index (χ4n) is 4.21. The molecule has 1 fully saturated rings. The van der Waals surface area contributed by atoms with Crippen LogP contribution in [0.4, 0.5) is 5.69 Å². The van der Waals surface area contributed by atoms with Crippen molar-refractivity contribution in [3.63, 3.8) is 0 Å². The van der Waals surface area contributed by atoms with Gasteiger partial charge in [-0.25, -0.2) is 8.42 Å². The maximum atomic E-state index is 11.8. The van der Waals surface area contributed by atoms with Gasteiger partial charge >= 0.3 is 0 Å². The van der Waals surface area contributed by atoms with Gasteiger partial charge in [-0.3, -0.25) is 9.67 Å². The monoisotopic (exact) mass is 458 g/mol. The van der Waals surface area contributed by atoms with Crippen molar-refractivity contribution < 1.29 is 8.42 Å². The van der Waals surface area contributed by atoms with Gasteiger partial charge in [-0.2, -0.15) is 5.10 Å². The zero-order valence-electron chi connectivity index (χ0n) is 18.3. The van der Waals surface area contributed by atoms with E-state index in [0.29, 0.717) is 19.4 Å². The molecule has 1 aliphatic heterocycles. The van der Waals surface area contributed by atoms with E-state index in [9.17, 15) is 8.42 Å². The van der Waals surface area contributed by atoms with Crippen molar-refractivity contribution in [3.8, 4) is 22.4 Å². The summed E-state index contributed by atoms with van der Waals surface area (Å²) in [5, 5.41) is 8.38. The fourth-order valence-corrected chi connectivity index (χ4v) is 5.70. The van der Waals surface area contributed by atoms with Crippen molar-refractivity contribution in [2.75, 3.05) is 16.8 Å². The van der Waals surface area contributed by atoms with Crippen LogP contribution in [0.25, 0.3) is 22.4 Å². The molecule has 1 saturated heterocycles. The highest BCUT2D eigenvalue weighted by Crippen LogP contribution is 2.31. The summed E-state index contributed by atoms with van der Waals surface area (Å²) < 4.78 is 25.6. The van der Waals surface area contributed by atoms with Crippen LogP contribution in [-0.2, 0) is 16.4 Å². The lowest BCUT2D eigenvalue weighted by molar-refractivity contribution is 0.559. The van der Waals surface area contributed by atoms with Crippen LogP contribution < -0.4 is 5.32 Å². The standard InChI is InChI=1S/C26H26N4O2S/c31-33(32)13-9-24(10-14-33)28-25-16-22(21-6-2-1-3-7-21)15-23(17-25)26-8-12-30(29-26)19-20-5-4-11-27-18-20/h1-8,11-12,15-18,24,28H,9-10,13-14,19H2. The van der Waals surface area contributed by atoms with E-state index in [-0.39, 0.29) is 17.5 Å². The molecule has 33 heavy (non-hydrogen) atoms.